The number of hydrogen-bond donors (Lipinski definition) is 2. The van der Waals surface area contributed by atoms with E-state index < -0.39 is 0 Å². The number of hydrogen-bond acceptors (Lipinski definition) is 3. The summed E-state index contributed by atoms with van der Waals surface area (Å²) < 4.78 is 0. The van der Waals surface area contributed by atoms with Gasteiger partial charge in [0, 0.05) is 5.75 Å². The molecule has 0 aliphatic carbocycles. The molecule has 3 unspecified atom stereocenters. The normalized spacial score (nSPS) is 17.8. The van der Waals surface area contributed by atoms with Crippen LogP contribution in [0, 0.1) is 17.8 Å². The van der Waals surface area contributed by atoms with E-state index in [0.717, 1.165) is 24.0 Å². The fourth-order valence-corrected chi connectivity index (χ4v) is 2.35. The lowest BCUT2D eigenvalue weighted by Gasteiger charge is -2.21. The molecule has 0 bridgehead atoms. The second kappa shape index (κ2) is 8.57. The Morgan fingerprint density at radius 1 is 1.21 bits per heavy atom. The molecule has 0 aliphatic rings. The van der Waals surface area contributed by atoms with E-state index >= 15 is 0 Å². The summed E-state index contributed by atoms with van der Waals surface area (Å²) in [5.74, 6) is 4.09. The van der Waals surface area contributed by atoms with Crippen molar-refractivity contribution in [3.8, 4) is 0 Å². The Morgan fingerprint density at radius 2 is 1.86 bits per heavy atom. The highest BCUT2D eigenvalue weighted by atomic mass is 32.2. The van der Waals surface area contributed by atoms with Crippen molar-refractivity contribution in [2.75, 3.05) is 24.7 Å². The van der Waals surface area contributed by atoms with E-state index in [1.54, 1.807) is 0 Å². The summed E-state index contributed by atoms with van der Waals surface area (Å²) in [6.07, 6.45) is 1.25. The zero-order valence-corrected chi connectivity index (χ0v) is 10.5. The number of aliphatic hydroxyl groups is 1. The average molecular weight is 219 g/mol. The Bertz CT molecular complexity index is 132. The van der Waals surface area contributed by atoms with Gasteiger partial charge in [-0.1, -0.05) is 20.8 Å². The van der Waals surface area contributed by atoms with E-state index in [1.807, 2.05) is 11.8 Å². The molecule has 0 aliphatic heterocycles. The van der Waals surface area contributed by atoms with Gasteiger partial charge in [-0.25, -0.2) is 0 Å². The standard InChI is InChI=1S/C11H25NOS/c1-9(8-14-5-4-13)6-10(2)11(3)7-12/h9-11,13H,4-8,12H2,1-3H3. The fourth-order valence-electron chi connectivity index (χ4n) is 1.52. The largest absolute Gasteiger partial charge is 0.396 e. The van der Waals surface area contributed by atoms with Crippen LogP contribution in [0.1, 0.15) is 27.2 Å². The van der Waals surface area contributed by atoms with Crippen LogP contribution in [-0.4, -0.2) is 29.8 Å². The van der Waals surface area contributed by atoms with Gasteiger partial charge in [0.2, 0.25) is 0 Å². The van der Waals surface area contributed by atoms with Gasteiger partial charge in [0.25, 0.3) is 0 Å². The van der Waals surface area contributed by atoms with E-state index in [0.29, 0.717) is 18.4 Å². The molecular weight excluding hydrogens is 194 g/mol. The van der Waals surface area contributed by atoms with Gasteiger partial charge < -0.3 is 10.8 Å². The van der Waals surface area contributed by atoms with Crippen molar-refractivity contribution < 1.29 is 5.11 Å². The molecular formula is C11H25NOS. The van der Waals surface area contributed by atoms with Gasteiger partial charge in [-0.2, -0.15) is 11.8 Å². The predicted octanol–water partition coefficient (Wildman–Crippen LogP) is 1.97. The van der Waals surface area contributed by atoms with E-state index in [1.165, 1.54) is 6.42 Å². The van der Waals surface area contributed by atoms with Gasteiger partial charge in [0.15, 0.2) is 0 Å². The maximum absolute atomic E-state index is 8.65. The molecule has 3 heteroatoms. The minimum Gasteiger partial charge on any atom is -0.396 e. The van der Waals surface area contributed by atoms with Crippen molar-refractivity contribution in [1.29, 1.82) is 0 Å². The summed E-state index contributed by atoms with van der Waals surface area (Å²) >= 11 is 1.84. The summed E-state index contributed by atoms with van der Waals surface area (Å²) in [5.41, 5.74) is 5.63. The molecule has 3 atom stereocenters. The lowest BCUT2D eigenvalue weighted by Crippen LogP contribution is -2.20. The van der Waals surface area contributed by atoms with Gasteiger partial charge in [-0.3, -0.25) is 0 Å². The summed E-state index contributed by atoms with van der Waals surface area (Å²) in [6.45, 7) is 7.87. The highest BCUT2D eigenvalue weighted by Crippen LogP contribution is 2.21. The molecule has 0 rings (SSSR count). The first-order valence-electron chi connectivity index (χ1n) is 5.50. The van der Waals surface area contributed by atoms with E-state index in [-0.39, 0.29) is 0 Å². The van der Waals surface area contributed by atoms with E-state index in [2.05, 4.69) is 20.8 Å². The van der Waals surface area contributed by atoms with Gasteiger partial charge in [0.1, 0.15) is 0 Å². The quantitative estimate of drug-likeness (QED) is 0.614. The molecule has 0 amide bonds. The smallest absolute Gasteiger partial charge is 0.0521 e. The Hall–Kier alpha value is 0.270. The lowest BCUT2D eigenvalue weighted by molar-refractivity contribution is 0.321. The Balaban J connectivity index is 3.54. The number of thioether (sulfide) groups is 1. The van der Waals surface area contributed by atoms with E-state index in [9.17, 15) is 0 Å². The van der Waals surface area contributed by atoms with Crippen molar-refractivity contribution in [2.24, 2.45) is 23.5 Å². The third-order valence-electron chi connectivity index (χ3n) is 2.76. The van der Waals surface area contributed by atoms with Crippen LogP contribution in [0.15, 0.2) is 0 Å². The summed E-state index contributed by atoms with van der Waals surface area (Å²) in [5, 5.41) is 8.65. The molecule has 0 heterocycles. The average Bonchev–Trinajstić information content (AvgIpc) is 2.16. The third kappa shape index (κ3) is 6.68. The van der Waals surface area contributed by atoms with Crippen LogP contribution in [0.25, 0.3) is 0 Å². The second-order valence-corrected chi connectivity index (χ2v) is 5.48. The fraction of sp³-hybridized carbons (Fsp3) is 1.00. The van der Waals surface area contributed by atoms with Crippen molar-refractivity contribution in [3.05, 3.63) is 0 Å². The molecule has 14 heavy (non-hydrogen) atoms. The van der Waals surface area contributed by atoms with Crippen molar-refractivity contribution in [1.82, 2.24) is 0 Å². The second-order valence-electron chi connectivity index (χ2n) is 4.33. The highest BCUT2D eigenvalue weighted by molar-refractivity contribution is 7.99. The molecule has 0 fully saturated rings. The molecule has 0 aromatic heterocycles. The van der Waals surface area contributed by atoms with Crippen LogP contribution in [0.3, 0.4) is 0 Å². The molecule has 0 aromatic carbocycles. The Kier molecular flexibility index (Phi) is 8.73. The Labute approximate surface area is 92.6 Å². The van der Waals surface area contributed by atoms with Gasteiger partial charge in [0.05, 0.1) is 6.61 Å². The zero-order chi connectivity index (χ0) is 11.0. The van der Waals surface area contributed by atoms with Crippen molar-refractivity contribution >= 4 is 11.8 Å². The SMILES string of the molecule is CC(CSCCO)CC(C)C(C)CN. The van der Waals surface area contributed by atoms with Gasteiger partial charge >= 0.3 is 0 Å². The zero-order valence-electron chi connectivity index (χ0n) is 9.70. The number of nitrogens with two attached hydrogens (primary N) is 1. The van der Waals surface area contributed by atoms with Crippen molar-refractivity contribution in [2.45, 2.75) is 27.2 Å². The summed E-state index contributed by atoms with van der Waals surface area (Å²) in [6, 6.07) is 0. The maximum Gasteiger partial charge on any atom is 0.0521 e. The molecule has 0 aromatic rings. The van der Waals surface area contributed by atoms with E-state index in [4.69, 9.17) is 10.8 Å². The minimum absolute atomic E-state index is 0.298. The molecule has 0 spiro atoms. The molecule has 0 saturated carbocycles. The molecule has 3 N–H and O–H groups in total. The van der Waals surface area contributed by atoms with Gasteiger partial charge in [-0.15, -0.1) is 0 Å². The number of rotatable bonds is 8. The molecule has 0 radical (unpaired) electrons. The lowest BCUT2D eigenvalue weighted by atomic mass is 9.88. The predicted molar refractivity (Wildman–Crippen MR) is 65.6 cm³/mol. The van der Waals surface area contributed by atoms with Crippen LogP contribution < -0.4 is 5.73 Å². The first kappa shape index (κ1) is 14.3. The topological polar surface area (TPSA) is 46.2 Å². The Morgan fingerprint density at radius 3 is 2.36 bits per heavy atom. The van der Waals surface area contributed by atoms with Crippen LogP contribution in [-0.2, 0) is 0 Å². The third-order valence-corrected chi connectivity index (χ3v) is 4.03. The molecule has 0 saturated heterocycles. The first-order chi connectivity index (χ1) is 6.61. The highest BCUT2D eigenvalue weighted by Gasteiger charge is 2.14. The molecule has 2 nitrogen and oxygen atoms in total. The number of aliphatic hydroxyl groups excluding tert-OH is 1. The summed E-state index contributed by atoms with van der Waals surface area (Å²) in [7, 11) is 0. The van der Waals surface area contributed by atoms with Crippen LogP contribution in [0.5, 0.6) is 0 Å². The molecule has 86 valence electrons. The van der Waals surface area contributed by atoms with Gasteiger partial charge in [-0.05, 0) is 36.5 Å². The minimum atomic E-state index is 0.298. The summed E-state index contributed by atoms with van der Waals surface area (Å²) in [4.78, 5) is 0. The monoisotopic (exact) mass is 219 g/mol. The van der Waals surface area contributed by atoms with Crippen LogP contribution >= 0.6 is 11.8 Å². The maximum atomic E-state index is 8.65. The van der Waals surface area contributed by atoms with Crippen molar-refractivity contribution in [3.63, 3.8) is 0 Å². The van der Waals surface area contributed by atoms with Crippen LogP contribution in [0.4, 0.5) is 0 Å². The van der Waals surface area contributed by atoms with Crippen LogP contribution in [0.2, 0.25) is 0 Å². The first-order valence-corrected chi connectivity index (χ1v) is 6.65.